The number of quaternary nitrogens is 1. The number of nitrogens with zero attached hydrogens (tertiary/aromatic N) is 1. The highest BCUT2D eigenvalue weighted by atomic mass is 31.2. The summed E-state index contributed by atoms with van der Waals surface area (Å²) in [4.78, 5) is 21.2. The highest BCUT2D eigenvalue weighted by Crippen LogP contribution is 2.43. The van der Waals surface area contributed by atoms with Gasteiger partial charge in [0, 0.05) is 13.7 Å². The molecular weight excluding hydrogens is 387 g/mol. The van der Waals surface area contributed by atoms with Gasteiger partial charge in [0.05, 0.1) is 34.4 Å². The van der Waals surface area contributed by atoms with Crippen LogP contribution in [0.4, 0.5) is 4.79 Å². The van der Waals surface area contributed by atoms with Crippen LogP contribution in [0.2, 0.25) is 0 Å². The number of carbonyl (C=O) groups is 1. The Balaban J connectivity index is 4.22. The van der Waals surface area contributed by atoms with Gasteiger partial charge in [0.25, 0.3) is 0 Å². The van der Waals surface area contributed by atoms with Crippen LogP contribution in [0.15, 0.2) is 0 Å². The number of nitrogens with one attached hydrogen (secondary N) is 1. The highest BCUT2D eigenvalue weighted by Gasteiger charge is 2.26. The van der Waals surface area contributed by atoms with Crippen molar-refractivity contribution in [1.82, 2.24) is 5.32 Å². The molecule has 0 aliphatic heterocycles. The van der Waals surface area contributed by atoms with E-state index in [1.165, 1.54) is 32.7 Å². The topological polar surface area (TPSA) is 103 Å². The van der Waals surface area contributed by atoms with Crippen LogP contribution in [-0.2, 0) is 23.1 Å². The van der Waals surface area contributed by atoms with Crippen molar-refractivity contribution in [3.63, 3.8) is 0 Å². The molecular formula is C18H40N2O7P+. The molecule has 1 amide bonds. The number of hydrogen-bond donors (Lipinski definition) is 2. The minimum atomic E-state index is -4.22. The van der Waals surface area contributed by atoms with Gasteiger partial charge in [0.2, 0.25) is 0 Å². The van der Waals surface area contributed by atoms with Crippen LogP contribution in [0.25, 0.3) is 0 Å². The van der Waals surface area contributed by atoms with Gasteiger partial charge in [-0.3, -0.25) is 9.05 Å². The molecule has 0 radical (unpaired) electrons. The largest absolute Gasteiger partial charge is 0.472 e. The maximum absolute atomic E-state index is 12.0. The van der Waals surface area contributed by atoms with E-state index in [4.69, 9.17) is 18.5 Å². The van der Waals surface area contributed by atoms with E-state index in [0.29, 0.717) is 17.6 Å². The van der Waals surface area contributed by atoms with Gasteiger partial charge in [-0.15, -0.1) is 0 Å². The third-order valence-corrected chi connectivity index (χ3v) is 4.85. The number of likely N-dealkylation sites (N-methyl/N-ethyl adjacent to an activating group) is 1. The number of alkyl carbamates (subject to hydrolysis) is 1. The van der Waals surface area contributed by atoms with Crippen LogP contribution in [0.5, 0.6) is 0 Å². The highest BCUT2D eigenvalue weighted by molar-refractivity contribution is 7.47. The molecule has 0 aromatic heterocycles. The second-order valence-corrected chi connectivity index (χ2v) is 9.18. The van der Waals surface area contributed by atoms with E-state index in [1.807, 2.05) is 21.1 Å². The molecule has 10 heteroatoms. The number of unbranched alkanes of at least 4 members (excludes halogenated alkanes) is 5. The average molecular weight is 427 g/mol. The van der Waals surface area contributed by atoms with Crippen LogP contribution < -0.4 is 5.32 Å². The zero-order valence-corrected chi connectivity index (χ0v) is 19.0. The van der Waals surface area contributed by atoms with Crippen LogP contribution in [-0.4, -0.2) is 82.7 Å². The summed E-state index contributed by atoms with van der Waals surface area (Å²) in [5.41, 5.74) is 0. The number of carbonyl (C=O) groups excluding carboxylic acids is 1. The summed E-state index contributed by atoms with van der Waals surface area (Å²) in [6, 6.07) is 0. The van der Waals surface area contributed by atoms with Gasteiger partial charge in [0.15, 0.2) is 6.10 Å². The van der Waals surface area contributed by atoms with Gasteiger partial charge in [-0.1, -0.05) is 39.0 Å². The number of hydrogen-bond acceptors (Lipinski definition) is 6. The first-order valence-electron chi connectivity index (χ1n) is 9.98. The SMILES string of the molecule is CCCCCCCCOCC(COP(=O)(O)OCC[N+](C)(C)C)OC(=O)NC. The fraction of sp³-hybridized carbons (Fsp3) is 0.944. The molecule has 2 N–H and O–H groups in total. The molecule has 9 nitrogen and oxygen atoms in total. The molecule has 0 fully saturated rings. The Kier molecular flexibility index (Phi) is 14.8. The van der Waals surface area contributed by atoms with Crippen molar-refractivity contribution >= 4 is 13.9 Å². The predicted octanol–water partition coefficient (Wildman–Crippen LogP) is 2.93. The minimum absolute atomic E-state index is 0.0762. The number of amides is 1. The lowest BCUT2D eigenvalue weighted by Gasteiger charge is -2.24. The summed E-state index contributed by atoms with van der Waals surface area (Å²) in [7, 11) is 3.05. The summed E-state index contributed by atoms with van der Waals surface area (Å²) in [5.74, 6) is 0. The molecule has 0 rings (SSSR count). The molecule has 2 atom stereocenters. The van der Waals surface area contributed by atoms with Crippen molar-refractivity contribution in [3.05, 3.63) is 0 Å². The molecule has 168 valence electrons. The maximum atomic E-state index is 12.0. The van der Waals surface area contributed by atoms with Gasteiger partial charge in [-0.2, -0.15) is 0 Å². The van der Waals surface area contributed by atoms with E-state index >= 15 is 0 Å². The Hall–Kier alpha value is -0.700. The van der Waals surface area contributed by atoms with Crippen molar-refractivity contribution < 1.29 is 37.3 Å². The lowest BCUT2D eigenvalue weighted by atomic mass is 10.1. The van der Waals surface area contributed by atoms with Gasteiger partial charge >= 0.3 is 13.9 Å². The molecule has 0 aliphatic rings. The molecule has 0 aromatic carbocycles. The van der Waals surface area contributed by atoms with Crippen molar-refractivity contribution in [3.8, 4) is 0 Å². The number of rotatable bonds is 17. The lowest BCUT2D eigenvalue weighted by molar-refractivity contribution is -0.870. The van der Waals surface area contributed by atoms with E-state index in [2.05, 4.69) is 12.2 Å². The van der Waals surface area contributed by atoms with Crippen LogP contribution in [0, 0.1) is 0 Å². The van der Waals surface area contributed by atoms with Crippen molar-refractivity contribution in [2.75, 3.05) is 61.2 Å². The first-order chi connectivity index (χ1) is 13.1. The standard InChI is InChI=1S/C18H39N2O7P/c1-6-7-8-9-10-11-13-24-15-17(27-18(21)19-2)16-26-28(22,23)25-14-12-20(3,4)5/h17H,6-16H2,1-5H3,(H-,19,21,22,23)/p+1. The minimum Gasteiger partial charge on any atom is -0.441 e. The Bertz CT molecular complexity index is 458. The molecule has 0 bridgehead atoms. The molecule has 0 saturated heterocycles. The normalized spacial score (nSPS) is 15.1. The first kappa shape index (κ1) is 27.3. The van der Waals surface area contributed by atoms with Crippen molar-refractivity contribution in [2.45, 2.75) is 51.6 Å². The smallest absolute Gasteiger partial charge is 0.441 e. The summed E-state index contributed by atoms with van der Waals surface area (Å²) in [6.07, 6.45) is 5.41. The van der Waals surface area contributed by atoms with E-state index in [0.717, 1.165) is 12.8 Å². The Morgan fingerprint density at radius 1 is 1.04 bits per heavy atom. The number of phosphoric ester groups is 1. The Morgan fingerprint density at radius 3 is 2.29 bits per heavy atom. The Morgan fingerprint density at radius 2 is 1.68 bits per heavy atom. The fourth-order valence-corrected chi connectivity index (χ4v) is 2.91. The third kappa shape index (κ3) is 17.4. The van der Waals surface area contributed by atoms with Crippen LogP contribution >= 0.6 is 7.82 Å². The number of phosphoric acid groups is 1. The van der Waals surface area contributed by atoms with Gasteiger partial charge in [-0.25, -0.2) is 9.36 Å². The lowest BCUT2D eigenvalue weighted by Crippen LogP contribution is -2.37. The predicted molar refractivity (Wildman–Crippen MR) is 108 cm³/mol. The molecule has 0 spiro atoms. The monoisotopic (exact) mass is 427 g/mol. The van der Waals surface area contributed by atoms with E-state index in [-0.39, 0.29) is 19.8 Å². The zero-order chi connectivity index (χ0) is 21.5. The third-order valence-electron chi connectivity index (χ3n) is 3.86. The Labute approximate surface area is 169 Å². The zero-order valence-electron chi connectivity index (χ0n) is 18.1. The molecule has 2 unspecified atom stereocenters. The second kappa shape index (κ2) is 15.2. The molecule has 0 heterocycles. The molecule has 0 aliphatic carbocycles. The van der Waals surface area contributed by atoms with Crippen molar-refractivity contribution in [2.24, 2.45) is 0 Å². The van der Waals surface area contributed by atoms with E-state index in [1.54, 1.807) is 0 Å². The van der Waals surface area contributed by atoms with Crippen LogP contribution in [0.1, 0.15) is 45.4 Å². The molecule has 28 heavy (non-hydrogen) atoms. The molecule has 0 aromatic rings. The summed E-state index contributed by atoms with van der Waals surface area (Å²) < 4.78 is 33.1. The number of ether oxygens (including phenoxy) is 2. The van der Waals surface area contributed by atoms with E-state index < -0.39 is 20.0 Å². The summed E-state index contributed by atoms with van der Waals surface area (Å²) in [6.45, 7) is 3.14. The van der Waals surface area contributed by atoms with Gasteiger partial charge in [-0.05, 0) is 6.42 Å². The average Bonchev–Trinajstić information content (AvgIpc) is 2.60. The van der Waals surface area contributed by atoms with Gasteiger partial charge in [0.1, 0.15) is 13.2 Å². The summed E-state index contributed by atoms with van der Waals surface area (Å²) in [5, 5.41) is 2.34. The maximum Gasteiger partial charge on any atom is 0.472 e. The van der Waals surface area contributed by atoms with E-state index in [9.17, 15) is 14.3 Å². The quantitative estimate of drug-likeness (QED) is 0.209. The summed E-state index contributed by atoms with van der Waals surface area (Å²) >= 11 is 0. The fourth-order valence-electron chi connectivity index (χ4n) is 2.17. The van der Waals surface area contributed by atoms with Crippen molar-refractivity contribution in [1.29, 1.82) is 0 Å². The second-order valence-electron chi connectivity index (χ2n) is 7.73. The van der Waals surface area contributed by atoms with Crippen LogP contribution in [0.3, 0.4) is 0 Å². The first-order valence-corrected chi connectivity index (χ1v) is 11.5. The molecule has 0 saturated carbocycles. The van der Waals surface area contributed by atoms with Gasteiger partial charge < -0.3 is 24.2 Å².